The molecule has 2 heterocycles. The van der Waals surface area contributed by atoms with Gasteiger partial charge in [-0.05, 0) is 38.0 Å². The van der Waals surface area contributed by atoms with Gasteiger partial charge in [0.15, 0.2) is 5.96 Å². The number of aliphatic imine (C=N–C) groups is 1. The third kappa shape index (κ3) is 7.09. The van der Waals surface area contributed by atoms with Crippen molar-refractivity contribution in [3.8, 4) is 0 Å². The highest BCUT2D eigenvalue weighted by molar-refractivity contribution is 14.0. The van der Waals surface area contributed by atoms with Gasteiger partial charge in [-0.1, -0.05) is 12.1 Å². The second kappa shape index (κ2) is 11.3. The first kappa shape index (κ1) is 24.9. The molecule has 1 unspecified atom stereocenters. The zero-order valence-electron chi connectivity index (χ0n) is 17.0. The fourth-order valence-electron chi connectivity index (χ4n) is 3.29. The van der Waals surface area contributed by atoms with Crippen LogP contribution in [-0.2, 0) is 19.3 Å². The molecule has 0 aliphatic carbocycles. The Bertz CT molecular complexity index is 823. The molecule has 2 N–H and O–H groups in total. The molecule has 30 heavy (non-hydrogen) atoms. The average molecular weight is 553 g/mol. The number of hydrogen-bond donors (Lipinski definition) is 2. The number of alkyl halides is 3. The van der Waals surface area contributed by atoms with Crippen LogP contribution in [0.15, 0.2) is 34.8 Å². The smallest absolute Gasteiger partial charge is 0.357 e. The molecule has 0 bridgehead atoms. The van der Waals surface area contributed by atoms with Gasteiger partial charge in [0.25, 0.3) is 0 Å². The van der Waals surface area contributed by atoms with E-state index >= 15 is 0 Å². The third-order valence-corrected chi connectivity index (χ3v) is 5.79. The third-order valence-electron chi connectivity index (χ3n) is 4.87. The van der Waals surface area contributed by atoms with E-state index in [2.05, 4.69) is 25.5 Å². The Morgan fingerprint density at radius 1 is 1.30 bits per heavy atom. The van der Waals surface area contributed by atoms with E-state index in [0.717, 1.165) is 60.3 Å². The molecule has 166 valence electrons. The first-order valence-electron chi connectivity index (χ1n) is 9.67. The second-order valence-electron chi connectivity index (χ2n) is 7.12. The number of aryl methyl sites for hydroxylation is 1. The molecule has 0 saturated carbocycles. The van der Waals surface area contributed by atoms with Gasteiger partial charge >= 0.3 is 6.18 Å². The second-order valence-corrected chi connectivity index (χ2v) is 8.06. The van der Waals surface area contributed by atoms with E-state index in [1.165, 1.54) is 0 Å². The van der Waals surface area contributed by atoms with Gasteiger partial charge in [-0.2, -0.15) is 13.2 Å². The van der Waals surface area contributed by atoms with E-state index < -0.39 is 11.7 Å². The first-order valence-corrected chi connectivity index (χ1v) is 10.6. The number of nitrogens with zero attached hydrogens (tertiary/aromatic N) is 3. The van der Waals surface area contributed by atoms with Crippen molar-refractivity contribution in [2.24, 2.45) is 4.99 Å². The van der Waals surface area contributed by atoms with Crippen molar-refractivity contribution in [1.82, 2.24) is 20.5 Å². The monoisotopic (exact) mass is 553 g/mol. The molecule has 3 rings (SSSR count). The number of thiazole rings is 1. The quantitative estimate of drug-likeness (QED) is 0.316. The summed E-state index contributed by atoms with van der Waals surface area (Å²) in [5.74, 6) is 0.779. The lowest BCUT2D eigenvalue weighted by atomic mass is 10.1. The number of nitrogens with one attached hydrogen (secondary N) is 2. The molecule has 1 aliphatic heterocycles. The highest BCUT2D eigenvalue weighted by Crippen LogP contribution is 2.29. The summed E-state index contributed by atoms with van der Waals surface area (Å²) in [6.45, 7) is 7.74. The van der Waals surface area contributed by atoms with Crippen LogP contribution in [0.1, 0.15) is 35.0 Å². The summed E-state index contributed by atoms with van der Waals surface area (Å²) >= 11 is 1.60. The number of benzene rings is 1. The first-order chi connectivity index (χ1) is 13.8. The minimum Gasteiger partial charge on any atom is -0.357 e. The molecule has 0 radical (unpaired) electrons. The zero-order valence-corrected chi connectivity index (χ0v) is 20.1. The zero-order chi connectivity index (χ0) is 20.9. The number of hydrogen-bond acceptors (Lipinski definition) is 4. The lowest BCUT2D eigenvalue weighted by Gasteiger charge is -2.19. The minimum absolute atomic E-state index is 0. The maximum Gasteiger partial charge on any atom is 0.416 e. The summed E-state index contributed by atoms with van der Waals surface area (Å²) in [5.41, 5.74) is 3.12. The van der Waals surface area contributed by atoms with Crippen LogP contribution in [0.5, 0.6) is 0 Å². The SMILES string of the molecule is CCNC(=NCc1scnc1C)NC1CCN(Cc2ccc(C(F)(F)F)cc2)C1.I. The highest BCUT2D eigenvalue weighted by atomic mass is 127. The van der Waals surface area contributed by atoms with Crippen molar-refractivity contribution in [2.75, 3.05) is 19.6 Å². The Hall–Kier alpha value is -1.40. The predicted molar refractivity (Wildman–Crippen MR) is 125 cm³/mol. The molecule has 0 spiro atoms. The standard InChI is InChI=1S/C20H26F3N5S.HI/c1-3-24-19(25-10-18-14(2)26-13-29-18)27-17-8-9-28(12-17)11-15-4-6-16(7-5-15)20(21,22)23;/h4-7,13,17H,3,8-12H2,1-2H3,(H2,24,25,27);1H. The molecular weight excluding hydrogens is 526 g/mol. The van der Waals surface area contributed by atoms with Gasteiger partial charge in [-0.15, -0.1) is 35.3 Å². The van der Waals surface area contributed by atoms with Crippen molar-refractivity contribution in [2.45, 2.75) is 45.6 Å². The van der Waals surface area contributed by atoms with Gasteiger partial charge in [0.2, 0.25) is 0 Å². The highest BCUT2D eigenvalue weighted by Gasteiger charge is 2.30. The van der Waals surface area contributed by atoms with Crippen molar-refractivity contribution in [3.63, 3.8) is 0 Å². The van der Waals surface area contributed by atoms with E-state index in [-0.39, 0.29) is 30.0 Å². The van der Waals surface area contributed by atoms with E-state index in [1.807, 2.05) is 19.4 Å². The lowest BCUT2D eigenvalue weighted by molar-refractivity contribution is -0.137. The predicted octanol–water partition coefficient (Wildman–Crippen LogP) is 4.42. The van der Waals surface area contributed by atoms with Gasteiger partial charge in [0, 0.05) is 37.1 Å². The molecule has 10 heteroatoms. The Labute approximate surface area is 196 Å². The van der Waals surface area contributed by atoms with Crippen molar-refractivity contribution < 1.29 is 13.2 Å². The number of aromatic nitrogens is 1. The number of likely N-dealkylation sites (tertiary alicyclic amines) is 1. The topological polar surface area (TPSA) is 52.6 Å². The molecule has 1 atom stereocenters. The van der Waals surface area contributed by atoms with E-state index in [1.54, 1.807) is 23.5 Å². The molecule has 2 aromatic rings. The van der Waals surface area contributed by atoms with Crippen LogP contribution in [0.3, 0.4) is 0 Å². The van der Waals surface area contributed by atoms with Crippen LogP contribution < -0.4 is 10.6 Å². The molecular formula is C20H27F3IN5S. The molecule has 1 aromatic heterocycles. The van der Waals surface area contributed by atoms with Crippen LogP contribution in [0.2, 0.25) is 0 Å². The van der Waals surface area contributed by atoms with Gasteiger partial charge in [0.1, 0.15) is 0 Å². The van der Waals surface area contributed by atoms with Gasteiger partial charge in [-0.3, -0.25) is 4.90 Å². The maximum atomic E-state index is 12.7. The van der Waals surface area contributed by atoms with Crippen LogP contribution in [0, 0.1) is 6.92 Å². The van der Waals surface area contributed by atoms with Crippen molar-refractivity contribution in [1.29, 1.82) is 0 Å². The summed E-state index contributed by atoms with van der Waals surface area (Å²) in [7, 11) is 0. The summed E-state index contributed by atoms with van der Waals surface area (Å²) in [4.78, 5) is 12.3. The largest absolute Gasteiger partial charge is 0.416 e. The van der Waals surface area contributed by atoms with E-state index in [4.69, 9.17) is 0 Å². The fraction of sp³-hybridized carbons (Fsp3) is 0.500. The summed E-state index contributed by atoms with van der Waals surface area (Å²) in [5, 5.41) is 6.75. The lowest BCUT2D eigenvalue weighted by Crippen LogP contribution is -2.44. The van der Waals surface area contributed by atoms with Crippen LogP contribution >= 0.6 is 35.3 Å². The summed E-state index contributed by atoms with van der Waals surface area (Å²) < 4.78 is 38.1. The molecule has 1 fully saturated rings. The van der Waals surface area contributed by atoms with Gasteiger partial charge in [0.05, 0.1) is 23.3 Å². The van der Waals surface area contributed by atoms with Crippen LogP contribution in [0.25, 0.3) is 0 Å². The molecule has 1 saturated heterocycles. The van der Waals surface area contributed by atoms with Crippen molar-refractivity contribution in [3.05, 3.63) is 51.5 Å². The normalized spacial score (nSPS) is 17.6. The maximum absolute atomic E-state index is 12.7. The molecule has 1 aliphatic rings. The molecule has 1 aromatic carbocycles. The number of halogens is 4. The Kier molecular flexibility index (Phi) is 9.35. The van der Waals surface area contributed by atoms with Gasteiger partial charge in [-0.25, -0.2) is 9.98 Å². The van der Waals surface area contributed by atoms with Crippen LogP contribution in [0.4, 0.5) is 13.2 Å². The average Bonchev–Trinajstić information content (AvgIpc) is 3.28. The Balaban J connectivity index is 0.00000320. The minimum atomic E-state index is -4.29. The summed E-state index contributed by atoms with van der Waals surface area (Å²) in [6.07, 6.45) is -3.33. The Morgan fingerprint density at radius 3 is 2.63 bits per heavy atom. The number of guanidine groups is 1. The summed E-state index contributed by atoms with van der Waals surface area (Å²) in [6, 6.07) is 5.68. The van der Waals surface area contributed by atoms with Crippen molar-refractivity contribution >= 4 is 41.3 Å². The van der Waals surface area contributed by atoms with Gasteiger partial charge < -0.3 is 10.6 Å². The Morgan fingerprint density at radius 2 is 2.03 bits per heavy atom. The van der Waals surface area contributed by atoms with E-state index in [0.29, 0.717) is 13.1 Å². The van der Waals surface area contributed by atoms with E-state index in [9.17, 15) is 13.2 Å². The molecule has 5 nitrogen and oxygen atoms in total. The number of rotatable bonds is 6. The fourth-order valence-corrected chi connectivity index (χ4v) is 3.99. The molecule has 0 amide bonds. The van der Waals surface area contributed by atoms with Crippen LogP contribution in [-0.4, -0.2) is 41.5 Å².